The SMILES string of the molecule is CCCCN=C1C[C@@H](c2ccccc2)[C@@](C#N)(C(=O)OC)C1. The molecule has 0 unspecified atom stereocenters. The fourth-order valence-electron chi connectivity index (χ4n) is 3.09. The minimum Gasteiger partial charge on any atom is -0.468 e. The number of carbonyl (C=O) groups excluding carboxylic acids is 1. The van der Waals surface area contributed by atoms with Gasteiger partial charge >= 0.3 is 5.97 Å². The molecule has 0 heterocycles. The lowest BCUT2D eigenvalue weighted by atomic mass is 9.75. The molecule has 2 atom stereocenters. The van der Waals surface area contributed by atoms with Gasteiger partial charge in [0, 0.05) is 24.6 Å². The summed E-state index contributed by atoms with van der Waals surface area (Å²) in [5, 5.41) is 9.73. The molecule has 4 heteroatoms. The maximum absolute atomic E-state index is 12.3. The number of hydrogen-bond acceptors (Lipinski definition) is 4. The summed E-state index contributed by atoms with van der Waals surface area (Å²) in [7, 11) is 1.34. The molecule has 0 saturated heterocycles. The monoisotopic (exact) mass is 298 g/mol. The van der Waals surface area contributed by atoms with Crippen molar-refractivity contribution in [1.29, 1.82) is 5.26 Å². The van der Waals surface area contributed by atoms with Crippen LogP contribution in [0.1, 0.15) is 44.1 Å². The van der Waals surface area contributed by atoms with Gasteiger partial charge < -0.3 is 4.74 Å². The van der Waals surface area contributed by atoms with E-state index in [-0.39, 0.29) is 5.92 Å². The highest BCUT2D eigenvalue weighted by atomic mass is 16.5. The molecular formula is C18H22N2O2. The van der Waals surface area contributed by atoms with Crippen LogP contribution in [0, 0.1) is 16.7 Å². The number of esters is 1. The number of unbranched alkanes of at least 4 members (excludes halogenated alkanes) is 1. The highest BCUT2D eigenvalue weighted by Crippen LogP contribution is 2.48. The normalized spacial score (nSPS) is 25.9. The minimum absolute atomic E-state index is 0.188. The van der Waals surface area contributed by atoms with Crippen LogP contribution in [0.4, 0.5) is 0 Å². The molecule has 4 nitrogen and oxygen atoms in total. The van der Waals surface area contributed by atoms with Crippen molar-refractivity contribution in [2.45, 2.75) is 38.5 Å². The lowest BCUT2D eigenvalue weighted by Crippen LogP contribution is -2.33. The topological polar surface area (TPSA) is 62.5 Å². The van der Waals surface area contributed by atoms with Gasteiger partial charge in [-0.25, -0.2) is 0 Å². The van der Waals surface area contributed by atoms with Crippen LogP contribution in [0.3, 0.4) is 0 Å². The Morgan fingerprint density at radius 2 is 2.18 bits per heavy atom. The first-order valence-corrected chi connectivity index (χ1v) is 7.74. The van der Waals surface area contributed by atoms with Crippen molar-refractivity contribution < 1.29 is 9.53 Å². The molecule has 0 bridgehead atoms. The third kappa shape index (κ3) is 3.04. The number of rotatable bonds is 5. The first-order chi connectivity index (χ1) is 10.7. The van der Waals surface area contributed by atoms with E-state index in [2.05, 4.69) is 18.0 Å². The number of hydrogen-bond donors (Lipinski definition) is 0. The lowest BCUT2D eigenvalue weighted by molar-refractivity contribution is -0.149. The van der Waals surface area contributed by atoms with E-state index < -0.39 is 11.4 Å². The second-order valence-electron chi connectivity index (χ2n) is 5.72. The third-order valence-electron chi connectivity index (χ3n) is 4.32. The van der Waals surface area contributed by atoms with Crippen LogP contribution in [-0.4, -0.2) is 25.3 Å². The van der Waals surface area contributed by atoms with E-state index in [4.69, 9.17) is 4.74 Å². The van der Waals surface area contributed by atoms with E-state index in [1.807, 2.05) is 30.3 Å². The molecule has 1 aromatic rings. The molecule has 116 valence electrons. The average Bonchev–Trinajstić information content (AvgIpc) is 2.95. The van der Waals surface area contributed by atoms with E-state index in [1.165, 1.54) is 7.11 Å². The van der Waals surface area contributed by atoms with E-state index in [1.54, 1.807) is 0 Å². The summed E-state index contributed by atoms with van der Waals surface area (Å²) in [6, 6.07) is 12.0. The van der Waals surface area contributed by atoms with Gasteiger partial charge in [0.25, 0.3) is 0 Å². The molecule has 2 rings (SSSR count). The third-order valence-corrected chi connectivity index (χ3v) is 4.32. The zero-order valence-corrected chi connectivity index (χ0v) is 13.2. The summed E-state index contributed by atoms with van der Waals surface area (Å²) in [5.41, 5.74) is 0.797. The number of benzene rings is 1. The molecule has 0 aliphatic heterocycles. The summed E-state index contributed by atoms with van der Waals surface area (Å²) >= 11 is 0. The average molecular weight is 298 g/mol. The molecule has 0 N–H and O–H groups in total. The van der Waals surface area contributed by atoms with Crippen molar-refractivity contribution in [3.63, 3.8) is 0 Å². The second kappa shape index (κ2) is 7.22. The first kappa shape index (κ1) is 16.2. The van der Waals surface area contributed by atoms with Crippen LogP contribution in [-0.2, 0) is 9.53 Å². The molecule has 1 aromatic carbocycles. The second-order valence-corrected chi connectivity index (χ2v) is 5.72. The van der Waals surface area contributed by atoms with Crippen molar-refractivity contribution in [2.24, 2.45) is 10.4 Å². The van der Waals surface area contributed by atoms with Crippen LogP contribution in [0.5, 0.6) is 0 Å². The molecule has 0 aromatic heterocycles. The maximum Gasteiger partial charge on any atom is 0.327 e. The van der Waals surface area contributed by atoms with Gasteiger partial charge in [-0.2, -0.15) is 5.26 Å². The van der Waals surface area contributed by atoms with Crippen LogP contribution in [0.25, 0.3) is 0 Å². The van der Waals surface area contributed by atoms with E-state index in [0.717, 1.165) is 30.7 Å². The summed E-state index contributed by atoms with van der Waals surface area (Å²) < 4.78 is 4.94. The number of aliphatic imine (C=N–C) groups is 1. The zero-order chi connectivity index (χ0) is 16.0. The highest BCUT2D eigenvalue weighted by Gasteiger charge is 2.53. The first-order valence-electron chi connectivity index (χ1n) is 7.74. The zero-order valence-electron chi connectivity index (χ0n) is 13.2. The summed E-state index contributed by atoms with van der Waals surface area (Å²) in [5.74, 6) is -0.643. The smallest absolute Gasteiger partial charge is 0.327 e. The predicted molar refractivity (Wildman–Crippen MR) is 85.7 cm³/mol. The fourth-order valence-corrected chi connectivity index (χ4v) is 3.09. The molecule has 1 fully saturated rings. The quantitative estimate of drug-likeness (QED) is 0.617. The van der Waals surface area contributed by atoms with Gasteiger partial charge in [0.1, 0.15) is 0 Å². The number of nitrogens with zero attached hydrogens (tertiary/aromatic N) is 2. The Morgan fingerprint density at radius 1 is 1.45 bits per heavy atom. The van der Waals surface area contributed by atoms with Crippen molar-refractivity contribution in [2.75, 3.05) is 13.7 Å². The van der Waals surface area contributed by atoms with E-state index >= 15 is 0 Å². The van der Waals surface area contributed by atoms with Gasteiger partial charge in [0.2, 0.25) is 0 Å². The van der Waals surface area contributed by atoms with Gasteiger partial charge in [0.15, 0.2) is 5.41 Å². The van der Waals surface area contributed by atoms with E-state index in [0.29, 0.717) is 12.8 Å². The Labute approximate surface area is 131 Å². The van der Waals surface area contributed by atoms with Gasteiger partial charge in [-0.1, -0.05) is 43.7 Å². The van der Waals surface area contributed by atoms with E-state index in [9.17, 15) is 10.1 Å². The number of nitriles is 1. The van der Waals surface area contributed by atoms with Crippen molar-refractivity contribution >= 4 is 11.7 Å². The summed E-state index contributed by atoms with van der Waals surface area (Å²) in [4.78, 5) is 16.9. The fraction of sp³-hybridized carbons (Fsp3) is 0.500. The molecule has 0 radical (unpaired) electrons. The molecule has 1 saturated carbocycles. The Balaban J connectivity index is 2.37. The van der Waals surface area contributed by atoms with Crippen molar-refractivity contribution in [3.8, 4) is 6.07 Å². The molecule has 1 aliphatic carbocycles. The lowest BCUT2D eigenvalue weighted by Gasteiger charge is -2.25. The van der Waals surface area contributed by atoms with Crippen molar-refractivity contribution in [1.82, 2.24) is 0 Å². The Bertz CT molecular complexity index is 589. The Morgan fingerprint density at radius 3 is 2.77 bits per heavy atom. The largest absolute Gasteiger partial charge is 0.468 e. The summed E-state index contributed by atoms with van der Waals surface area (Å²) in [6.07, 6.45) is 3.13. The van der Waals surface area contributed by atoms with Gasteiger partial charge in [0.05, 0.1) is 13.2 Å². The van der Waals surface area contributed by atoms with Gasteiger partial charge in [-0.05, 0) is 18.4 Å². The Kier molecular flexibility index (Phi) is 5.32. The standard InChI is InChI=1S/C18H22N2O2/c1-3-4-10-20-15-11-16(14-8-6-5-7-9-14)18(12-15,13-19)17(21)22-2/h5-9,16H,3-4,10-12H2,1-2H3/t16-,18+/m0/s1. The van der Waals surface area contributed by atoms with Gasteiger partial charge in [-0.15, -0.1) is 0 Å². The number of methoxy groups -OCH3 is 1. The number of carbonyl (C=O) groups is 1. The molecule has 1 aliphatic rings. The van der Waals surface area contributed by atoms with Crippen LogP contribution in [0.15, 0.2) is 35.3 Å². The number of ether oxygens (including phenoxy) is 1. The highest BCUT2D eigenvalue weighted by molar-refractivity contribution is 5.97. The van der Waals surface area contributed by atoms with Crippen LogP contribution >= 0.6 is 0 Å². The minimum atomic E-state index is -1.15. The van der Waals surface area contributed by atoms with Crippen LogP contribution < -0.4 is 0 Å². The Hall–Kier alpha value is -2.15. The van der Waals surface area contributed by atoms with Crippen LogP contribution in [0.2, 0.25) is 0 Å². The predicted octanol–water partition coefficient (Wildman–Crippen LogP) is 3.49. The molecular weight excluding hydrogens is 276 g/mol. The van der Waals surface area contributed by atoms with Crippen molar-refractivity contribution in [3.05, 3.63) is 35.9 Å². The molecule has 0 spiro atoms. The van der Waals surface area contributed by atoms with Gasteiger partial charge in [-0.3, -0.25) is 9.79 Å². The molecule has 0 amide bonds. The molecule has 22 heavy (non-hydrogen) atoms. The summed E-state index contributed by atoms with van der Waals surface area (Å²) in [6.45, 7) is 2.88. The maximum atomic E-state index is 12.3.